The number of hydrogen-bond acceptors (Lipinski definition) is 3. The predicted octanol–water partition coefficient (Wildman–Crippen LogP) is 0.660. The number of benzene rings is 1. The van der Waals surface area contributed by atoms with Gasteiger partial charge in [0.2, 0.25) is 5.91 Å². The SMILES string of the molecule is NC(=O)CN1C(=O)COc2ccc(Br)cc21. The third-order valence-corrected chi connectivity index (χ3v) is 2.67. The minimum atomic E-state index is -0.554. The van der Waals surface area contributed by atoms with Gasteiger partial charge in [-0.1, -0.05) is 15.9 Å². The molecule has 0 fully saturated rings. The van der Waals surface area contributed by atoms with Gasteiger partial charge in [-0.2, -0.15) is 0 Å². The lowest BCUT2D eigenvalue weighted by Crippen LogP contribution is -2.43. The summed E-state index contributed by atoms with van der Waals surface area (Å²) in [4.78, 5) is 23.8. The summed E-state index contributed by atoms with van der Waals surface area (Å²) in [5.41, 5.74) is 5.65. The number of carbonyl (C=O) groups excluding carboxylic acids is 2. The highest BCUT2D eigenvalue weighted by atomic mass is 79.9. The number of nitrogens with zero attached hydrogens (tertiary/aromatic N) is 1. The maximum atomic E-state index is 11.6. The summed E-state index contributed by atoms with van der Waals surface area (Å²) < 4.78 is 6.04. The Morgan fingerprint density at radius 3 is 3.00 bits per heavy atom. The average Bonchev–Trinajstić information content (AvgIpc) is 2.22. The van der Waals surface area contributed by atoms with E-state index in [0.29, 0.717) is 11.4 Å². The van der Waals surface area contributed by atoms with Crippen LogP contribution in [0.25, 0.3) is 0 Å². The van der Waals surface area contributed by atoms with Crippen LogP contribution in [-0.4, -0.2) is 25.0 Å². The number of fused-ring (bicyclic) bond motifs is 1. The standard InChI is InChI=1S/C10H9BrN2O3/c11-6-1-2-8-7(3-6)13(4-9(12)14)10(15)5-16-8/h1-3H,4-5H2,(H2,12,14). The van der Waals surface area contributed by atoms with Gasteiger partial charge in [-0.15, -0.1) is 0 Å². The fourth-order valence-corrected chi connectivity index (χ4v) is 1.85. The fraction of sp³-hybridized carbons (Fsp3) is 0.200. The molecule has 84 valence electrons. The summed E-state index contributed by atoms with van der Waals surface area (Å²) in [6.07, 6.45) is 0. The molecular weight excluding hydrogens is 276 g/mol. The van der Waals surface area contributed by atoms with E-state index in [1.165, 1.54) is 4.90 Å². The molecule has 1 aliphatic heterocycles. The molecule has 5 nitrogen and oxygen atoms in total. The lowest BCUT2D eigenvalue weighted by atomic mass is 10.2. The molecule has 0 aromatic heterocycles. The van der Waals surface area contributed by atoms with Crippen molar-refractivity contribution in [3.63, 3.8) is 0 Å². The van der Waals surface area contributed by atoms with Crippen LogP contribution >= 0.6 is 15.9 Å². The van der Waals surface area contributed by atoms with Crippen LogP contribution in [0.1, 0.15) is 0 Å². The van der Waals surface area contributed by atoms with E-state index in [4.69, 9.17) is 10.5 Å². The number of amides is 2. The van der Waals surface area contributed by atoms with Gasteiger partial charge in [0.15, 0.2) is 6.61 Å². The predicted molar refractivity (Wildman–Crippen MR) is 61.2 cm³/mol. The number of nitrogens with two attached hydrogens (primary N) is 1. The van der Waals surface area contributed by atoms with Crippen LogP contribution in [0.5, 0.6) is 5.75 Å². The number of ether oxygens (including phenoxy) is 1. The molecule has 2 rings (SSSR count). The Morgan fingerprint density at radius 1 is 1.56 bits per heavy atom. The number of carbonyl (C=O) groups is 2. The molecule has 0 radical (unpaired) electrons. The minimum absolute atomic E-state index is 0.0675. The van der Waals surface area contributed by atoms with E-state index in [9.17, 15) is 9.59 Å². The van der Waals surface area contributed by atoms with Gasteiger partial charge >= 0.3 is 0 Å². The first-order valence-corrected chi connectivity index (χ1v) is 5.38. The Labute approximate surface area is 100 Å². The maximum absolute atomic E-state index is 11.6. The van der Waals surface area contributed by atoms with Crippen molar-refractivity contribution in [1.82, 2.24) is 0 Å². The second-order valence-corrected chi connectivity index (χ2v) is 4.26. The minimum Gasteiger partial charge on any atom is -0.482 e. The van der Waals surface area contributed by atoms with Crippen LogP contribution in [0.15, 0.2) is 22.7 Å². The molecule has 0 bridgehead atoms. The summed E-state index contributed by atoms with van der Waals surface area (Å²) in [6.45, 7) is -0.201. The molecule has 1 aromatic rings. The molecule has 16 heavy (non-hydrogen) atoms. The van der Waals surface area contributed by atoms with Crippen molar-refractivity contribution in [2.75, 3.05) is 18.1 Å². The molecule has 0 spiro atoms. The third kappa shape index (κ3) is 2.01. The molecule has 1 aromatic carbocycles. The van der Waals surface area contributed by atoms with Crippen molar-refractivity contribution in [3.05, 3.63) is 22.7 Å². The molecule has 1 heterocycles. The number of rotatable bonds is 2. The number of primary amides is 1. The summed E-state index contributed by atoms with van der Waals surface area (Å²) in [7, 11) is 0. The summed E-state index contributed by atoms with van der Waals surface area (Å²) >= 11 is 3.29. The highest BCUT2D eigenvalue weighted by molar-refractivity contribution is 9.10. The van der Waals surface area contributed by atoms with Crippen LogP contribution in [-0.2, 0) is 9.59 Å². The highest BCUT2D eigenvalue weighted by Crippen LogP contribution is 2.34. The van der Waals surface area contributed by atoms with Gasteiger partial charge in [0.25, 0.3) is 5.91 Å². The second-order valence-electron chi connectivity index (χ2n) is 3.35. The second kappa shape index (κ2) is 4.13. The molecule has 1 aliphatic rings. The van der Waals surface area contributed by atoms with E-state index in [1.54, 1.807) is 18.2 Å². The Balaban J connectivity index is 2.42. The van der Waals surface area contributed by atoms with Gasteiger partial charge in [0, 0.05) is 4.47 Å². The number of anilines is 1. The van der Waals surface area contributed by atoms with Gasteiger partial charge in [0.1, 0.15) is 12.3 Å². The Bertz CT molecular complexity index is 461. The van der Waals surface area contributed by atoms with E-state index in [-0.39, 0.29) is 19.1 Å². The Morgan fingerprint density at radius 2 is 2.31 bits per heavy atom. The molecule has 0 unspecified atom stereocenters. The van der Waals surface area contributed by atoms with Crippen LogP contribution in [0.4, 0.5) is 5.69 Å². The van der Waals surface area contributed by atoms with Crippen molar-refractivity contribution in [1.29, 1.82) is 0 Å². The zero-order valence-corrected chi connectivity index (χ0v) is 9.86. The zero-order chi connectivity index (χ0) is 11.7. The zero-order valence-electron chi connectivity index (χ0n) is 8.27. The van der Waals surface area contributed by atoms with Crippen molar-refractivity contribution in [2.24, 2.45) is 5.73 Å². The van der Waals surface area contributed by atoms with Crippen LogP contribution in [0, 0.1) is 0 Å². The summed E-state index contributed by atoms with van der Waals surface area (Å²) in [5.74, 6) is -0.255. The first-order valence-electron chi connectivity index (χ1n) is 4.59. The third-order valence-electron chi connectivity index (χ3n) is 2.18. The first-order chi connectivity index (χ1) is 7.58. The number of halogens is 1. The van der Waals surface area contributed by atoms with Gasteiger partial charge in [-0.05, 0) is 18.2 Å². The Hall–Kier alpha value is -1.56. The van der Waals surface area contributed by atoms with Crippen LogP contribution in [0.2, 0.25) is 0 Å². The first kappa shape index (κ1) is 10.9. The molecule has 6 heteroatoms. The molecule has 0 saturated heterocycles. The topological polar surface area (TPSA) is 72.6 Å². The fourth-order valence-electron chi connectivity index (χ4n) is 1.50. The van der Waals surface area contributed by atoms with Gasteiger partial charge in [-0.25, -0.2) is 0 Å². The number of hydrogen-bond donors (Lipinski definition) is 1. The molecule has 0 atom stereocenters. The van der Waals surface area contributed by atoms with E-state index in [2.05, 4.69) is 15.9 Å². The normalized spacial score (nSPS) is 14.3. The summed E-state index contributed by atoms with van der Waals surface area (Å²) in [6, 6.07) is 5.26. The Kier molecular flexibility index (Phi) is 2.82. The molecular formula is C10H9BrN2O3. The average molecular weight is 285 g/mol. The smallest absolute Gasteiger partial charge is 0.265 e. The van der Waals surface area contributed by atoms with Gasteiger partial charge < -0.3 is 10.5 Å². The van der Waals surface area contributed by atoms with E-state index < -0.39 is 5.91 Å². The van der Waals surface area contributed by atoms with Crippen molar-refractivity contribution < 1.29 is 14.3 Å². The lowest BCUT2D eigenvalue weighted by molar-refractivity contribution is -0.124. The van der Waals surface area contributed by atoms with Crippen molar-refractivity contribution in [2.45, 2.75) is 0 Å². The van der Waals surface area contributed by atoms with E-state index >= 15 is 0 Å². The van der Waals surface area contributed by atoms with E-state index in [0.717, 1.165) is 4.47 Å². The maximum Gasteiger partial charge on any atom is 0.265 e. The van der Waals surface area contributed by atoms with Crippen LogP contribution < -0.4 is 15.4 Å². The summed E-state index contributed by atoms with van der Waals surface area (Å²) in [5, 5.41) is 0. The van der Waals surface area contributed by atoms with Gasteiger partial charge in [-0.3, -0.25) is 14.5 Å². The van der Waals surface area contributed by atoms with E-state index in [1.807, 2.05) is 0 Å². The van der Waals surface area contributed by atoms with Gasteiger partial charge in [0.05, 0.1) is 5.69 Å². The van der Waals surface area contributed by atoms with Crippen molar-refractivity contribution in [3.8, 4) is 5.75 Å². The largest absolute Gasteiger partial charge is 0.482 e. The monoisotopic (exact) mass is 284 g/mol. The van der Waals surface area contributed by atoms with Crippen molar-refractivity contribution >= 4 is 33.4 Å². The molecule has 0 saturated carbocycles. The molecule has 2 N–H and O–H groups in total. The quantitative estimate of drug-likeness (QED) is 0.867. The molecule has 0 aliphatic carbocycles. The lowest BCUT2D eigenvalue weighted by Gasteiger charge is -2.28. The molecule has 2 amide bonds. The highest BCUT2D eigenvalue weighted by Gasteiger charge is 2.26. The van der Waals surface area contributed by atoms with Crippen LogP contribution in [0.3, 0.4) is 0 Å².